The Morgan fingerprint density at radius 2 is 1.63 bits per heavy atom. The number of carbonyl (C=O) groups is 3. The number of amides is 2. The lowest BCUT2D eigenvalue weighted by atomic mass is 9.98. The molecule has 0 aromatic heterocycles. The van der Waals surface area contributed by atoms with Gasteiger partial charge in [-0.1, -0.05) is 48.5 Å². The standard InChI is InChI=1S/C25H25F3N2O5/c26-25(27,28)20(22(31)30-12-6-5-11-21(30)23(32)33)13-29-24(34)35-14-19-17-9-3-1-7-15(17)16-8-2-4-10-18(16)19/h1-4,7-10,19-21H,5-6,11-14H2,(H,29,34)(H,32,33). The average Bonchev–Trinajstić information content (AvgIpc) is 3.15. The maximum atomic E-state index is 13.7. The molecule has 1 aliphatic carbocycles. The molecule has 2 amide bonds. The first-order valence-corrected chi connectivity index (χ1v) is 11.4. The van der Waals surface area contributed by atoms with Gasteiger partial charge in [0.2, 0.25) is 5.91 Å². The van der Waals surface area contributed by atoms with Crippen LogP contribution in [0, 0.1) is 5.92 Å². The first-order chi connectivity index (χ1) is 16.7. The molecule has 186 valence electrons. The van der Waals surface area contributed by atoms with Crippen LogP contribution in [0.3, 0.4) is 0 Å². The number of alkyl carbamates (subject to hydrolysis) is 1. The Balaban J connectivity index is 1.40. The number of alkyl halides is 3. The largest absolute Gasteiger partial charge is 0.480 e. The number of likely N-dealkylation sites (tertiary alicyclic amines) is 1. The molecule has 2 N–H and O–H groups in total. The van der Waals surface area contributed by atoms with Crippen molar-refractivity contribution in [2.24, 2.45) is 5.92 Å². The normalized spacial score (nSPS) is 18.4. The minimum Gasteiger partial charge on any atom is -0.480 e. The Bertz CT molecular complexity index is 1070. The number of carbonyl (C=O) groups excluding carboxylic acids is 2. The number of hydrogen-bond donors (Lipinski definition) is 2. The first kappa shape index (κ1) is 24.6. The van der Waals surface area contributed by atoms with E-state index >= 15 is 0 Å². The van der Waals surface area contributed by atoms with E-state index in [4.69, 9.17) is 4.74 Å². The molecule has 1 aliphatic heterocycles. The summed E-state index contributed by atoms with van der Waals surface area (Å²) in [4.78, 5) is 37.2. The molecule has 2 aliphatic rings. The van der Waals surface area contributed by atoms with Gasteiger partial charge in [0, 0.05) is 19.0 Å². The van der Waals surface area contributed by atoms with Gasteiger partial charge < -0.3 is 20.1 Å². The second kappa shape index (κ2) is 9.97. The Morgan fingerprint density at radius 1 is 1.03 bits per heavy atom. The number of hydrogen-bond acceptors (Lipinski definition) is 4. The van der Waals surface area contributed by atoms with Crippen LogP contribution in [-0.4, -0.2) is 59.9 Å². The number of piperidine rings is 1. The number of carboxylic acid groups (broad SMARTS) is 1. The Hall–Kier alpha value is -3.56. The fourth-order valence-corrected chi connectivity index (χ4v) is 4.83. The van der Waals surface area contributed by atoms with E-state index in [1.165, 1.54) is 0 Å². The van der Waals surface area contributed by atoms with Crippen molar-refractivity contribution < 1.29 is 37.4 Å². The van der Waals surface area contributed by atoms with Crippen LogP contribution in [0.2, 0.25) is 0 Å². The second-order valence-corrected chi connectivity index (χ2v) is 8.68. The highest BCUT2D eigenvalue weighted by Crippen LogP contribution is 2.44. The summed E-state index contributed by atoms with van der Waals surface area (Å²) in [6.45, 7) is -1.20. The predicted molar refractivity (Wildman–Crippen MR) is 120 cm³/mol. The number of nitrogens with one attached hydrogen (secondary N) is 1. The minimum absolute atomic E-state index is 0.0761. The van der Waals surface area contributed by atoms with Gasteiger partial charge in [-0.3, -0.25) is 4.79 Å². The third kappa shape index (κ3) is 5.11. The summed E-state index contributed by atoms with van der Waals surface area (Å²) in [5, 5.41) is 11.4. The lowest BCUT2D eigenvalue weighted by Crippen LogP contribution is -2.54. The van der Waals surface area contributed by atoms with Crippen molar-refractivity contribution in [2.45, 2.75) is 37.4 Å². The third-order valence-corrected chi connectivity index (χ3v) is 6.56. The Kier molecular flexibility index (Phi) is 7.00. The lowest BCUT2D eigenvalue weighted by Gasteiger charge is -2.35. The van der Waals surface area contributed by atoms with Crippen LogP contribution in [0.1, 0.15) is 36.3 Å². The van der Waals surface area contributed by atoms with Crippen LogP contribution in [0.15, 0.2) is 48.5 Å². The molecule has 4 rings (SSSR count). The fourth-order valence-electron chi connectivity index (χ4n) is 4.83. The summed E-state index contributed by atoms with van der Waals surface area (Å²) in [6.07, 6.45) is -5.03. The topological polar surface area (TPSA) is 95.9 Å². The van der Waals surface area contributed by atoms with Crippen molar-refractivity contribution >= 4 is 18.0 Å². The molecule has 0 spiro atoms. The number of fused-ring (bicyclic) bond motifs is 3. The first-order valence-electron chi connectivity index (χ1n) is 11.4. The lowest BCUT2D eigenvalue weighted by molar-refractivity contribution is -0.191. The number of carboxylic acids is 1. The van der Waals surface area contributed by atoms with E-state index in [1.807, 2.05) is 53.8 Å². The van der Waals surface area contributed by atoms with Crippen molar-refractivity contribution in [2.75, 3.05) is 19.7 Å². The van der Waals surface area contributed by atoms with Gasteiger partial charge in [-0.05, 0) is 41.5 Å². The molecule has 2 unspecified atom stereocenters. The SMILES string of the molecule is O=C(NCC(C(=O)N1CCCCC1C(=O)O)C(F)(F)F)OCC1c2ccccc2-c2ccccc21. The minimum atomic E-state index is -4.96. The van der Waals surface area contributed by atoms with Gasteiger partial charge in [-0.15, -0.1) is 0 Å². The molecule has 10 heteroatoms. The Morgan fingerprint density at radius 3 is 2.20 bits per heavy atom. The average molecular weight is 490 g/mol. The van der Waals surface area contributed by atoms with Gasteiger partial charge in [0.05, 0.1) is 0 Å². The summed E-state index contributed by atoms with van der Waals surface area (Å²) in [6, 6.07) is 14.0. The van der Waals surface area contributed by atoms with Gasteiger partial charge in [0.1, 0.15) is 12.6 Å². The van der Waals surface area contributed by atoms with Gasteiger partial charge >= 0.3 is 18.2 Å². The fraction of sp³-hybridized carbons (Fsp3) is 0.400. The van der Waals surface area contributed by atoms with Crippen LogP contribution in [0.25, 0.3) is 11.1 Å². The van der Waals surface area contributed by atoms with E-state index in [2.05, 4.69) is 0 Å². The van der Waals surface area contributed by atoms with Gasteiger partial charge in [-0.2, -0.15) is 13.2 Å². The van der Waals surface area contributed by atoms with E-state index in [0.29, 0.717) is 12.8 Å². The molecule has 1 saturated heterocycles. The van der Waals surface area contributed by atoms with Crippen LogP contribution in [-0.2, 0) is 14.3 Å². The summed E-state index contributed by atoms with van der Waals surface area (Å²) >= 11 is 0. The van der Waals surface area contributed by atoms with Gasteiger partial charge in [-0.25, -0.2) is 9.59 Å². The third-order valence-electron chi connectivity index (χ3n) is 6.56. The quantitative estimate of drug-likeness (QED) is 0.634. The molecule has 1 heterocycles. The molecular weight excluding hydrogens is 465 g/mol. The van der Waals surface area contributed by atoms with E-state index < -0.39 is 42.7 Å². The van der Waals surface area contributed by atoms with Crippen LogP contribution >= 0.6 is 0 Å². The number of ether oxygens (including phenoxy) is 1. The van der Waals surface area contributed by atoms with E-state index in [1.54, 1.807) is 0 Å². The van der Waals surface area contributed by atoms with Crippen molar-refractivity contribution in [3.05, 3.63) is 59.7 Å². The number of nitrogens with zero attached hydrogens (tertiary/aromatic N) is 1. The van der Waals surface area contributed by atoms with E-state index in [0.717, 1.165) is 27.2 Å². The molecule has 2 aromatic carbocycles. The second-order valence-electron chi connectivity index (χ2n) is 8.68. The van der Waals surface area contributed by atoms with Crippen molar-refractivity contribution in [3.63, 3.8) is 0 Å². The summed E-state index contributed by atoms with van der Waals surface area (Å²) in [5.74, 6) is -5.53. The van der Waals surface area contributed by atoms with E-state index in [9.17, 15) is 32.7 Å². The predicted octanol–water partition coefficient (Wildman–Crippen LogP) is 4.17. The number of aliphatic carboxylic acids is 1. The summed E-state index contributed by atoms with van der Waals surface area (Å²) < 4.78 is 46.3. The molecular formula is C25H25F3N2O5. The van der Waals surface area contributed by atoms with Crippen molar-refractivity contribution in [1.29, 1.82) is 0 Å². The zero-order valence-corrected chi connectivity index (χ0v) is 18.8. The molecule has 1 fully saturated rings. The summed E-state index contributed by atoms with van der Waals surface area (Å²) in [7, 11) is 0. The number of benzene rings is 2. The van der Waals surface area contributed by atoms with Crippen molar-refractivity contribution in [3.8, 4) is 11.1 Å². The molecule has 0 bridgehead atoms. The van der Waals surface area contributed by atoms with Gasteiger partial charge in [0.15, 0.2) is 5.92 Å². The zero-order chi connectivity index (χ0) is 25.2. The Labute approximate surface area is 199 Å². The molecule has 35 heavy (non-hydrogen) atoms. The monoisotopic (exact) mass is 490 g/mol. The number of halogens is 3. The molecule has 7 nitrogen and oxygen atoms in total. The number of rotatable bonds is 6. The van der Waals surface area contributed by atoms with Gasteiger partial charge in [0.25, 0.3) is 0 Å². The van der Waals surface area contributed by atoms with E-state index in [-0.39, 0.29) is 25.5 Å². The highest BCUT2D eigenvalue weighted by molar-refractivity contribution is 5.86. The molecule has 0 saturated carbocycles. The van der Waals surface area contributed by atoms with Crippen molar-refractivity contribution in [1.82, 2.24) is 10.2 Å². The maximum absolute atomic E-state index is 13.7. The molecule has 0 radical (unpaired) electrons. The highest BCUT2D eigenvalue weighted by atomic mass is 19.4. The van der Waals surface area contributed by atoms with Crippen LogP contribution in [0.5, 0.6) is 0 Å². The van der Waals surface area contributed by atoms with Crippen LogP contribution in [0.4, 0.5) is 18.0 Å². The molecule has 2 atom stereocenters. The molecule has 2 aromatic rings. The maximum Gasteiger partial charge on any atom is 0.407 e. The highest BCUT2D eigenvalue weighted by Gasteiger charge is 2.49. The zero-order valence-electron chi connectivity index (χ0n) is 18.8. The van der Waals surface area contributed by atoms with Crippen LogP contribution < -0.4 is 5.32 Å². The summed E-state index contributed by atoms with van der Waals surface area (Å²) in [5.41, 5.74) is 3.92. The smallest absolute Gasteiger partial charge is 0.407 e.